The molecule has 0 radical (unpaired) electrons. The van der Waals surface area contributed by atoms with Crippen molar-refractivity contribution in [1.82, 2.24) is 0 Å². The van der Waals surface area contributed by atoms with Crippen LogP contribution in [0.2, 0.25) is 0 Å². The summed E-state index contributed by atoms with van der Waals surface area (Å²) in [7, 11) is 0. The van der Waals surface area contributed by atoms with Crippen LogP contribution in [0.4, 0.5) is 0 Å². The van der Waals surface area contributed by atoms with Crippen LogP contribution in [0, 0.1) is 0 Å². The van der Waals surface area contributed by atoms with Crippen molar-refractivity contribution in [2.45, 2.75) is 37.5 Å². The molecule has 1 aliphatic heterocycles. The molecule has 0 amide bonds. The molecule has 13 heavy (non-hydrogen) atoms. The molecule has 0 aromatic carbocycles. The van der Waals surface area contributed by atoms with Crippen molar-refractivity contribution in [2.24, 2.45) is 0 Å². The molecule has 72 valence electrons. The summed E-state index contributed by atoms with van der Waals surface area (Å²) in [5, 5.41) is 0.567. The molecule has 2 rings (SSSR count). The molecule has 2 unspecified atom stereocenters. The van der Waals surface area contributed by atoms with E-state index >= 15 is 0 Å². The van der Waals surface area contributed by atoms with Crippen LogP contribution in [0.5, 0.6) is 0 Å². The first-order valence-electron chi connectivity index (χ1n) is 4.77. The highest BCUT2D eigenvalue weighted by Crippen LogP contribution is 2.36. The summed E-state index contributed by atoms with van der Waals surface area (Å²) in [6.07, 6.45) is 4.94. The smallest absolute Gasteiger partial charge is 0.156 e. The highest BCUT2D eigenvalue weighted by atomic mass is 32.2. The van der Waals surface area contributed by atoms with Crippen LogP contribution in [-0.4, -0.2) is 23.7 Å². The molecular weight excluding hydrogens is 184 g/mol. The fraction of sp³-hybridized carbons (Fsp3) is 0.700. The van der Waals surface area contributed by atoms with Crippen molar-refractivity contribution >= 4 is 17.5 Å². The van der Waals surface area contributed by atoms with E-state index in [0.717, 1.165) is 19.4 Å². The third-order valence-corrected chi connectivity index (χ3v) is 4.10. The largest absolute Gasteiger partial charge is 0.377 e. The maximum Gasteiger partial charge on any atom is 0.156 e. The summed E-state index contributed by atoms with van der Waals surface area (Å²) in [6.45, 7) is 2.99. The number of carbonyl (C=O) groups excluding carboxylic acids is 1. The van der Waals surface area contributed by atoms with Gasteiger partial charge < -0.3 is 4.74 Å². The van der Waals surface area contributed by atoms with Crippen LogP contribution in [-0.2, 0) is 9.53 Å². The molecule has 2 aliphatic rings. The van der Waals surface area contributed by atoms with Crippen LogP contribution < -0.4 is 0 Å². The zero-order valence-electron chi connectivity index (χ0n) is 7.79. The second-order valence-corrected chi connectivity index (χ2v) is 4.96. The minimum absolute atomic E-state index is 0.286. The van der Waals surface area contributed by atoms with Crippen molar-refractivity contribution < 1.29 is 9.53 Å². The average molecular weight is 198 g/mol. The molecule has 0 bridgehead atoms. The first-order chi connectivity index (χ1) is 6.25. The lowest BCUT2D eigenvalue weighted by Gasteiger charge is -2.13. The molecule has 0 saturated carbocycles. The van der Waals surface area contributed by atoms with E-state index < -0.39 is 0 Å². The molecule has 1 saturated heterocycles. The van der Waals surface area contributed by atoms with Gasteiger partial charge in [0.1, 0.15) is 0 Å². The number of allylic oxidation sites excluding steroid dienone is 2. The van der Waals surface area contributed by atoms with Crippen LogP contribution >= 0.6 is 11.8 Å². The second kappa shape index (κ2) is 3.84. The van der Waals surface area contributed by atoms with E-state index in [1.807, 2.05) is 11.8 Å². The Bertz CT molecular complexity index is 247. The van der Waals surface area contributed by atoms with E-state index in [0.29, 0.717) is 17.8 Å². The Hall–Kier alpha value is -0.280. The van der Waals surface area contributed by atoms with Gasteiger partial charge in [-0.25, -0.2) is 0 Å². The fourth-order valence-electron chi connectivity index (χ4n) is 1.72. The number of hydrogen-bond acceptors (Lipinski definition) is 3. The lowest BCUT2D eigenvalue weighted by atomic mass is 10.3. The Morgan fingerprint density at radius 2 is 2.38 bits per heavy atom. The zero-order valence-corrected chi connectivity index (χ0v) is 8.60. The van der Waals surface area contributed by atoms with E-state index in [4.69, 9.17) is 4.74 Å². The molecule has 0 N–H and O–H groups in total. The quantitative estimate of drug-likeness (QED) is 0.680. The average Bonchev–Trinajstić information content (AvgIpc) is 2.64. The first kappa shape index (κ1) is 9.28. The molecule has 2 nitrogen and oxygen atoms in total. The number of carbonyl (C=O) groups is 1. The van der Waals surface area contributed by atoms with Gasteiger partial charge in [-0.1, -0.05) is 0 Å². The molecule has 0 spiro atoms. The minimum Gasteiger partial charge on any atom is -0.377 e. The maximum atomic E-state index is 11.0. The monoisotopic (exact) mass is 198 g/mol. The molecule has 1 fully saturated rings. The highest BCUT2D eigenvalue weighted by molar-refractivity contribution is 8.03. The number of thioether (sulfide) groups is 1. The lowest BCUT2D eigenvalue weighted by Crippen LogP contribution is -2.13. The number of rotatable bonds is 2. The molecular formula is C10H14O2S. The highest BCUT2D eigenvalue weighted by Gasteiger charge is 2.27. The first-order valence-corrected chi connectivity index (χ1v) is 5.65. The number of ketones is 1. The van der Waals surface area contributed by atoms with Gasteiger partial charge in [-0.2, -0.15) is 0 Å². The Labute approximate surface area is 82.7 Å². The van der Waals surface area contributed by atoms with E-state index in [-0.39, 0.29) is 5.78 Å². The SMILES string of the molecule is CC1OCCC1SC1=CC(=O)CC1. The van der Waals surface area contributed by atoms with Crippen molar-refractivity contribution in [2.75, 3.05) is 6.61 Å². The van der Waals surface area contributed by atoms with Gasteiger partial charge in [-0.15, -0.1) is 11.8 Å². The molecule has 0 aromatic heterocycles. The molecule has 0 aromatic rings. The predicted octanol–water partition coefficient (Wildman–Crippen LogP) is 2.14. The van der Waals surface area contributed by atoms with Crippen molar-refractivity contribution in [1.29, 1.82) is 0 Å². The van der Waals surface area contributed by atoms with Crippen molar-refractivity contribution in [3.8, 4) is 0 Å². The minimum atomic E-state index is 0.286. The Kier molecular flexibility index (Phi) is 2.74. The normalized spacial score (nSPS) is 33.9. The van der Waals surface area contributed by atoms with E-state index in [1.165, 1.54) is 4.91 Å². The van der Waals surface area contributed by atoms with Crippen LogP contribution in [0.3, 0.4) is 0 Å². The summed E-state index contributed by atoms with van der Waals surface area (Å²) in [5.41, 5.74) is 0. The second-order valence-electron chi connectivity index (χ2n) is 3.60. The maximum absolute atomic E-state index is 11.0. The van der Waals surface area contributed by atoms with Gasteiger partial charge in [0.2, 0.25) is 0 Å². The predicted molar refractivity (Wildman–Crippen MR) is 53.7 cm³/mol. The van der Waals surface area contributed by atoms with E-state index in [1.54, 1.807) is 6.08 Å². The topological polar surface area (TPSA) is 26.3 Å². The molecule has 1 aliphatic carbocycles. The van der Waals surface area contributed by atoms with Crippen molar-refractivity contribution in [3.63, 3.8) is 0 Å². The zero-order chi connectivity index (χ0) is 9.26. The Balaban J connectivity index is 1.90. The van der Waals surface area contributed by atoms with Crippen LogP contribution in [0.1, 0.15) is 26.2 Å². The van der Waals surface area contributed by atoms with Crippen LogP contribution in [0.25, 0.3) is 0 Å². The summed E-state index contributed by atoms with van der Waals surface area (Å²) in [4.78, 5) is 12.2. The van der Waals surface area contributed by atoms with Gasteiger partial charge in [-0.05, 0) is 30.7 Å². The lowest BCUT2D eigenvalue weighted by molar-refractivity contribution is -0.114. The summed E-state index contributed by atoms with van der Waals surface area (Å²) in [6, 6.07) is 0. The molecule has 3 heteroatoms. The van der Waals surface area contributed by atoms with E-state index in [2.05, 4.69) is 6.92 Å². The Morgan fingerprint density at radius 3 is 2.92 bits per heavy atom. The van der Waals surface area contributed by atoms with Crippen LogP contribution in [0.15, 0.2) is 11.0 Å². The fourth-order valence-corrected chi connectivity index (χ4v) is 3.02. The third-order valence-electron chi connectivity index (χ3n) is 2.55. The molecule has 1 heterocycles. The van der Waals surface area contributed by atoms with E-state index in [9.17, 15) is 4.79 Å². The summed E-state index contributed by atoms with van der Waals surface area (Å²) >= 11 is 1.84. The van der Waals surface area contributed by atoms with Gasteiger partial charge in [0.05, 0.1) is 6.10 Å². The molecule has 2 atom stereocenters. The third kappa shape index (κ3) is 2.15. The Morgan fingerprint density at radius 1 is 1.54 bits per heavy atom. The summed E-state index contributed by atoms with van der Waals surface area (Å²) in [5.74, 6) is 0.286. The standard InChI is InChI=1S/C10H14O2S/c1-7-10(4-5-12-7)13-9-3-2-8(11)6-9/h6-7,10H,2-5H2,1H3. The van der Waals surface area contributed by atoms with Gasteiger partial charge in [0.25, 0.3) is 0 Å². The van der Waals surface area contributed by atoms with Gasteiger partial charge in [0.15, 0.2) is 5.78 Å². The number of hydrogen-bond donors (Lipinski definition) is 0. The summed E-state index contributed by atoms with van der Waals surface area (Å²) < 4.78 is 5.47. The van der Waals surface area contributed by atoms with Gasteiger partial charge in [0, 0.05) is 18.3 Å². The van der Waals surface area contributed by atoms with Gasteiger partial charge in [-0.3, -0.25) is 4.79 Å². The van der Waals surface area contributed by atoms with Gasteiger partial charge >= 0.3 is 0 Å². The van der Waals surface area contributed by atoms with Crippen molar-refractivity contribution in [3.05, 3.63) is 11.0 Å². The number of ether oxygens (including phenoxy) is 1.